The molecule has 0 aromatic heterocycles. The standard InChI is InChI=1S/C24H24ClF3N2O4/c1-2-3-4-15-5-8-18(9-6-15)30-13-16(11-22(30)32)23(33)34-14-21(31)29-20-12-17(24(26,27)28)7-10-19(20)25/h5-10,12,16H,2-4,11,13-14H2,1H3,(H,29,31)/t16-/m1/s1. The van der Waals surface area contributed by atoms with E-state index in [1.165, 1.54) is 10.5 Å². The van der Waals surface area contributed by atoms with Gasteiger partial charge in [0, 0.05) is 18.7 Å². The largest absolute Gasteiger partial charge is 0.455 e. The number of carbonyl (C=O) groups excluding carboxylic acids is 3. The first kappa shape index (κ1) is 25.6. The van der Waals surface area contributed by atoms with E-state index in [0.29, 0.717) is 11.8 Å². The van der Waals surface area contributed by atoms with Gasteiger partial charge in [-0.3, -0.25) is 14.4 Å². The number of ether oxygens (including phenoxy) is 1. The smallest absolute Gasteiger partial charge is 0.416 e. The maximum atomic E-state index is 12.9. The molecule has 10 heteroatoms. The van der Waals surface area contributed by atoms with Crippen molar-refractivity contribution in [3.8, 4) is 0 Å². The molecule has 1 atom stereocenters. The van der Waals surface area contributed by atoms with Gasteiger partial charge in [0.15, 0.2) is 6.61 Å². The van der Waals surface area contributed by atoms with Crippen LogP contribution in [0.3, 0.4) is 0 Å². The van der Waals surface area contributed by atoms with Gasteiger partial charge in [-0.1, -0.05) is 37.1 Å². The number of nitrogens with zero attached hydrogens (tertiary/aromatic N) is 1. The SMILES string of the molecule is CCCCc1ccc(N2C[C@H](C(=O)OCC(=O)Nc3cc(C(F)(F)F)ccc3Cl)CC2=O)cc1. The number of hydrogen-bond acceptors (Lipinski definition) is 4. The van der Waals surface area contributed by atoms with Crippen molar-refractivity contribution in [3.05, 3.63) is 58.6 Å². The zero-order valence-electron chi connectivity index (χ0n) is 18.5. The van der Waals surface area contributed by atoms with Crippen LogP contribution < -0.4 is 10.2 Å². The normalized spacial score (nSPS) is 16.0. The maximum absolute atomic E-state index is 12.9. The number of unbranched alkanes of at least 4 members (excludes halogenated alkanes) is 1. The van der Waals surface area contributed by atoms with Crippen molar-refractivity contribution >= 4 is 40.8 Å². The van der Waals surface area contributed by atoms with Crippen LogP contribution in [0.1, 0.15) is 37.3 Å². The lowest BCUT2D eigenvalue weighted by Crippen LogP contribution is -2.28. The Balaban J connectivity index is 1.53. The Bertz CT molecular complexity index is 1060. The first-order valence-electron chi connectivity index (χ1n) is 10.8. The Labute approximate surface area is 200 Å². The molecule has 1 aliphatic rings. The Morgan fingerprint density at radius 1 is 1.18 bits per heavy atom. The number of nitrogens with one attached hydrogen (secondary N) is 1. The predicted octanol–water partition coefficient (Wildman–Crippen LogP) is 5.24. The second-order valence-electron chi connectivity index (χ2n) is 8.02. The average Bonchev–Trinajstić information content (AvgIpc) is 3.18. The van der Waals surface area contributed by atoms with Crippen LogP contribution in [-0.4, -0.2) is 30.9 Å². The molecular formula is C24H24ClF3N2O4. The second-order valence-corrected chi connectivity index (χ2v) is 8.43. The molecule has 1 fully saturated rings. The van der Waals surface area contributed by atoms with Crippen molar-refractivity contribution in [1.29, 1.82) is 0 Å². The lowest BCUT2D eigenvalue weighted by molar-refractivity contribution is -0.151. The highest BCUT2D eigenvalue weighted by Crippen LogP contribution is 2.34. The quantitative estimate of drug-likeness (QED) is 0.507. The van der Waals surface area contributed by atoms with Crippen LogP contribution in [0.4, 0.5) is 24.5 Å². The van der Waals surface area contributed by atoms with Crippen LogP contribution in [-0.2, 0) is 31.7 Å². The molecule has 0 radical (unpaired) electrons. The number of alkyl halides is 3. The number of rotatable bonds is 8. The third-order valence-corrected chi connectivity index (χ3v) is 5.77. The van der Waals surface area contributed by atoms with Crippen molar-refractivity contribution in [1.82, 2.24) is 0 Å². The van der Waals surface area contributed by atoms with E-state index in [1.807, 2.05) is 24.3 Å². The van der Waals surface area contributed by atoms with Crippen LogP contribution in [0.5, 0.6) is 0 Å². The molecule has 2 aromatic rings. The molecule has 1 N–H and O–H groups in total. The summed E-state index contributed by atoms with van der Waals surface area (Å²) in [6, 6.07) is 10.1. The van der Waals surface area contributed by atoms with Crippen LogP contribution in [0.2, 0.25) is 5.02 Å². The number of esters is 1. The molecule has 2 aromatic carbocycles. The van der Waals surface area contributed by atoms with E-state index in [1.54, 1.807) is 0 Å². The molecule has 182 valence electrons. The van der Waals surface area contributed by atoms with Crippen molar-refractivity contribution in [2.24, 2.45) is 5.92 Å². The number of amides is 2. The summed E-state index contributed by atoms with van der Waals surface area (Å²) < 4.78 is 43.6. The number of carbonyl (C=O) groups is 3. The zero-order valence-corrected chi connectivity index (χ0v) is 19.2. The highest BCUT2D eigenvalue weighted by molar-refractivity contribution is 6.33. The van der Waals surface area contributed by atoms with Crippen molar-refractivity contribution in [2.45, 2.75) is 38.8 Å². The van der Waals surface area contributed by atoms with Gasteiger partial charge in [-0.2, -0.15) is 13.2 Å². The molecule has 3 rings (SSSR count). The predicted molar refractivity (Wildman–Crippen MR) is 122 cm³/mol. The summed E-state index contributed by atoms with van der Waals surface area (Å²) in [7, 11) is 0. The second kappa shape index (κ2) is 10.9. The van der Waals surface area contributed by atoms with E-state index in [4.69, 9.17) is 16.3 Å². The fraction of sp³-hybridized carbons (Fsp3) is 0.375. The van der Waals surface area contributed by atoms with E-state index in [-0.39, 0.29) is 29.6 Å². The zero-order chi connectivity index (χ0) is 24.9. The lowest BCUT2D eigenvalue weighted by Gasteiger charge is -2.17. The fourth-order valence-corrected chi connectivity index (χ4v) is 3.74. The lowest BCUT2D eigenvalue weighted by atomic mass is 10.1. The molecular weight excluding hydrogens is 473 g/mol. The molecule has 0 aliphatic carbocycles. The molecule has 6 nitrogen and oxygen atoms in total. The Hall–Kier alpha value is -3.07. The van der Waals surface area contributed by atoms with Gasteiger partial charge in [0.2, 0.25) is 5.91 Å². The monoisotopic (exact) mass is 496 g/mol. The Morgan fingerprint density at radius 2 is 1.88 bits per heavy atom. The van der Waals surface area contributed by atoms with Crippen LogP contribution in [0.25, 0.3) is 0 Å². The van der Waals surface area contributed by atoms with Crippen molar-refractivity contribution < 1.29 is 32.3 Å². The summed E-state index contributed by atoms with van der Waals surface area (Å²) in [5.74, 6) is -2.57. The first-order valence-corrected chi connectivity index (χ1v) is 11.2. The van der Waals surface area contributed by atoms with Crippen LogP contribution in [0.15, 0.2) is 42.5 Å². The van der Waals surface area contributed by atoms with Gasteiger partial charge in [0.25, 0.3) is 5.91 Å². The Kier molecular flexibility index (Phi) is 8.19. The molecule has 0 bridgehead atoms. The van der Waals surface area contributed by atoms with Crippen LogP contribution >= 0.6 is 11.6 Å². The van der Waals surface area contributed by atoms with Gasteiger partial charge in [0.1, 0.15) is 0 Å². The summed E-state index contributed by atoms with van der Waals surface area (Å²) in [5, 5.41) is 2.11. The molecule has 34 heavy (non-hydrogen) atoms. The van der Waals surface area contributed by atoms with E-state index >= 15 is 0 Å². The van der Waals surface area contributed by atoms with Gasteiger partial charge in [0.05, 0.1) is 22.2 Å². The molecule has 0 unspecified atom stereocenters. The molecule has 1 saturated heterocycles. The third kappa shape index (κ3) is 6.50. The van der Waals surface area contributed by atoms with Gasteiger partial charge >= 0.3 is 12.1 Å². The van der Waals surface area contributed by atoms with Gasteiger partial charge in [-0.15, -0.1) is 0 Å². The maximum Gasteiger partial charge on any atom is 0.416 e. The number of halogens is 4. The van der Waals surface area contributed by atoms with E-state index in [0.717, 1.165) is 31.4 Å². The first-order chi connectivity index (χ1) is 16.1. The Morgan fingerprint density at radius 3 is 2.53 bits per heavy atom. The topological polar surface area (TPSA) is 75.7 Å². The summed E-state index contributed by atoms with van der Waals surface area (Å²) in [6.07, 6.45) is -1.55. The fourth-order valence-electron chi connectivity index (χ4n) is 3.58. The highest BCUT2D eigenvalue weighted by Gasteiger charge is 2.36. The molecule has 0 saturated carbocycles. The minimum Gasteiger partial charge on any atom is -0.455 e. The van der Waals surface area contributed by atoms with E-state index in [9.17, 15) is 27.6 Å². The summed E-state index contributed by atoms with van der Waals surface area (Å²) >= 11 is 5.85. The molecule has 1 heterocycles. The molecule has 2 amide bonds. The number of benzene rings is 2. The van der Waals surface area contributed by atoms with Crippen molar-refractivity contribution in [2.75, 3.05) is 23.4 Å². The van der Waals surface area contributed by atoms with Gasteiger partial charge < -0.3 is 15.0 Å². The number of aryl methyl sites for hydroxylation is 1. The highest BCUT2D eigenvalue weighted by atomic mass is 35.5. The van der Waals surface area contributed by atoms with Crippen LogP contribution in [0, 0.1) is 5.92 Å². The van der Waals surface area contributed by atoms with Crippen molar-refractivity contribution in [3.63, 3.8) is 0 Å². The average molecular weight is 497 g/mol. The number of anilines is 2. The summed E-state index contributed by atoms with van der Waals surface area (Å²) in [4.78, 5) is 38.4. The summed E-state index contributed by atoms with van der Waals surface area (Å²) in [6.45, 7) is 1.51. The van der Waals surface area contributed by atoms with Gasteiger partial charge in [-0.05, 0) is 48.7 Å². The minimum atomic E-state index is -4.60. The summed E-state index contributed by atoms with van der Waals surface area (Å²) in [5.41, 5.74) is 0.617. The third-order valence-electron chi connectivity index (χ3n) is 5.44. The number of hydrogen-bond donors (Lipinski definition) is 1. The minimum absolute atomic E-state index is 0.0580. The molecule has 0 spiro atoms. The van der Waals surface area contributed by atoms with E-state index < -0.39 is 36.1 Å². The van der Waals surface area contributed by atoms with E-state index in [2.05, 4.69) is 12.2 Å². The van der Waals surface area contributed by atoms with Gasteiger partial charge in [-0.25, -0.2) is 0 Å². The molecule has 1 aliphatic heterocycles.